The summed E-state index contributed by atoms with van der Waals surface area (Å²) in [6.07, 6.45) is 2.34. The van der Waals surface area contributed by atoms with Crippen molar-refractivity contribution in [3.8, 4) is 40.2 Å². The Labute approximate surface area is 474 Å². The Kier molecular flexibility index (Phi) is 19.7. The number of amides is 7. The summed E-state index contributed by atoms with van der Waals surface area (Å²) in [5, 5.41) is 7.78. The summed E-state index contributed by atoms with van der Waals surface area (Å²) >= 11 is 0. The molecule has 8 rings (SSSR count). The number of hydrogen-bond donors (Lipinski definition) is 3. The molecule has 3 N–H and O–H groups in total. The zero-order valence-electron chi connectivity index (χ0n) is 46.7. The van der Waals surface area contributed by atoms with Gasteiger partial charge in [0.25, 0.3) is 23.6 Å². The van der Waals surface area contributed by atoms with Crippen molar-refractivity contribution in [2.45, 2.75) is 95.5 Å². The van der Waals surface area contributed by atoms with E-state index in [1.165, 1.54) is 39.5 Å². The van der Waals surface area contributed by atoms with E-state index in [0.29, 0.717) is 77.9 Å². The summed E-state index contributed by atoms with van der Waals surface area (Å²) in [6, 6.07) is 25.8. The summed E-state index contributed by atoms with van der Waals surface area (Å²) < 4.78 is 45.8. The maximum atomic E-state index is 14.6. The topological polar surface area (TPSA) is 253 Å². The maximum Gasteiger partial charge on any atom is 0.329 e. The Bertz CT molecular complexity index is 3180. The van der Waals surface area contributed by atoms with Crippen LogP contribution >= 0.6 is 0 Å². The fourth-order valence-electron chi connectivity index (χ4n) is 10.3. The summed E-state index contributed by atoms with van der Waals surface area (Å²) in [7, 11) is 7.67. The third-order valence-electron chi connectivity index (χ3n) is 14.6. The van der Waals surface area contributed by atoms with Crippen molar-refractivity contribution in [2.75, 3.05) is 55.3 Å². The molecule has 21 nitrogen and oxygen atoms in total. The van der Waals surface area contributed by atoms with E-state index in [1.54, 1.807) is 73.7 Å². The van der Waals surface area contributed by atoms with Gasteiger partial charge in [0.05, 0.1) is 52.6 Å². The second kappa shape index (κ2) is 27.3. The van der Waals surface area contributed by atoms with Crippen molar-refractivity contribution in [1.82, 2.24) is 25.8 Å². The lowest BCUT2D eigenvalue weighted by Crippen LogP contribution is -2.54. The summed E-state index contributed by atoms with van der Waals surface area (Å²) in [5.41, 5.74) is 3.70. The van der Waals surface area contributed by atoms with Crippen molar-refractivity contribution < 1.29 is 76.3 Å². The number of esters is 1. The number of nitrogens with one attached hydrogen (secondary N) is 3. The van der Waals surface area contributed by atoms with Gasteiger partial charge in [-0.05, 0) is 121 Å². The van der Waals surface area contributed by atoms with Gasteiger partial charge in [-0.3, -0.25) is 43.8 Å². The zero-order valence-corrected chi connectivity index (χ0v) is 46.7. The molecule has 0 aliphatic carbocycles. The standard InChI is InChI=1S/C61H67N5O16/c1-7-42(40-30-50(77-4)56(79-6)51(31-40)78-5)58(71)65-27-9-8-15-45(65)61(74)82-46(24-21-36-22-25-47(75-2)49(28-36)76-3)39-12-10-13-41(29-39)80-34-53(68)62-32-37-17-19-38(20-18-37)33-63-54(69)35-81-48-16-11-14-43-55(48)60(73)66(59(43)72)44-23-26-52(67)64-57(44)70/h10-14,16-20,22,25,28-31,42,44-46H,7-9,15,21,23-24,26-27,32-35H2,1-6H3,(H,62,68)(H,63,69)(H,64,67,70)/t42-,44?,45-,46+/m0/s1. The minimum Gasteiger partial charge on any atom is -0.493 e. The lowest BCUT2D eigenvalue weighted by Gasteiger charge is -2.37. The first-order valence-corrected chi connectivity index (χ1v) is 27.0. The Morgan fingerprint density at radius 3 is 1.93 bits per heavy atom. The van der Waals surface area contributed by atoms with Crippen LogP contribution in [0.3, 0.4) is 0 Å². The van der Waals surface area contributed by atoms with Crippen LogP contribution in [0, 0.1) is 0 Å². The fourth-order valence-corrected chi connectivity index (χ4v) is 10.3. The number of likely N-dealkylation sites (tertiary alicyclic amines) is 1. The molecule has 5 aromatic rings. The van der Waals surface area contributed by atoms with Crippen LogP contribution < -0.4 is 49.1 Å². The van der Waals surface area contributed by atoms with Crippen LogP contribution in [0.5, 0.6) is 40.2 Å². The minimum absolute atomic E-state index is 0.00299. The molecule has 0 spiro atoms. The molecule has 3 aliphatic rings. The van der Waals surface area contributed by atoms with E-state index < -0.39 is 72.1 Å². The fraction of sp³-hybridized carbons (Fsp3) is 0.377. The second-order valence-corrected chi connectivity index (χ2v) is 19.8. The van der Waals surface area contributed by atoms with Crippen LogP contribution in [0.1, 0.15) is 112 Å². The summed E-state index contributed by atoms with van der Waals surface area (Å²) in [6.45, 7) is 1.83. The number of imide groups is 2. The van der Waals surface area contributed by atoms with E-state index in [0.717, 1.165) is 34.4 Å². The number of nitrogens with zero attached hydrogens (tertiary/aromatic N) is 2. The largest absolute Gasteiger partial charge is 0.493 e. The van der Waals surface area contributed by atoms with Crippen LogP contribution in [-0.4, -0.2) is 125 Å². The second-order valence-electron chi connectivity index (χ2n) is 19.8. The Balaban J connectivity index is 0.859. The van der Waals surface area contributed by atoms with Crippen molar-refractivity contribution in [2.24, 2.45) is 0 Å². The lowest BCUT2D eigenvalue weighted by molar-refractivity contribution is -0.162. The highest BCUT2D eigenvalue weighted by atomic mass is 16.5. The van der Waals surface area contributed by atoms with Gasteiger partial charge in [0, 0.05) is 26.1 Å². The van der Waals surface area contributed by atoms with Gasteiger partial charge in [-0.25, -0.2) is 4.79 Å². The van der Waals surface area contributed by atoms with Crippen molar-refractivity contribution >= 4 is 47.3 Å². The molecular formula is C61H67N5O16. The molecule has 2 saturated heterocycles. The molecular weight excluding hydrogens is 1060 g/mol. The number of piperidine rings is 2. The average Bonchev–Trinajstić information content (AvgIpc) is 3.99. The Hall–Kier alpha value is -9.14. The number of fused-ring (bicyclic) bond motifs is 1. The molecule has 21 heteroatoms. The highest BCUT2D eigenvalue weighted by Gasteiger charge is 2.46. The van der Waals surface area contributed by atoms with E-state index >= 15 is 0 Å². The smallest absolute Gasteiger partial charge is 0.329 e. The summed E-state index contributed by atoms with van der Waals surface area (Å²) in [5.74, 6) is -2.16. The predicted octanol–water partition coefficient (Wildman–Crippen LogP) is 6.31. The number of benzene rings is 5. The number of hydrogen-bond acceptors (Lipinski definition) is 16. The van der Waals surface area contributed by atoms with Gasteiger partial charge in [0.1, 0.15) is 29.7 Å². The van der Waals surface area contributed by atoms with Gasteiger partial charge in [-0.15, -0.1) is 0 Å². The van der Waals surface area contributed by atoms with Gasteiger partial charge in [0.15, 0.2) is 36.2 Å². The van der Waals surface area contributed by atoms with Crippen molar-refractivity contribution in [1.29, 1.82) is 0 Å². The van der Waals surface area contributed by atoms with Crippen LogP contribution in [0.4, 0.5) is 0 Å². The van der Waals surface area contributed by atoms with Crippen LogP contribution in [0.15, 0.2) is 97.1 Å². The molecule has 0 aromatic heterocycles. The number of aryl methyl sites for hydroxylation is 1. The third kappa shape index (κ3) is 13.7. The monoisotopic (exact) mass is 1130 g/mol. The number of carbonyl (C=O) groups is 8. The highest BCUT2D eigenvalue weighted by molar-refractivity contribution is 6.24. The van der Waals surface area contributed by atoms with Gasteiger partial charge < -0.3 is 53.4 Å². The molecule has 4 atom stereocenters. The first-order valence-electron chi connectivity index (χ1n) is 27.0. The quantitative estimate of drug-likeness (QED) is 0.0427. The van der Waals surface area contributed by atoms with E-state index in [-0.39, 0.29) is 55.3 Å². The van der Waals surface area contributed by atoms with E-state index in [2.05, 4.69) is 16.0 Å². The number of methoxy groups -OCH3 is 5. The molecule has 0 saturated carbocycles. The molecule has 1 unspecified atom stereocenters. The van der Waals surface area contributed by atoms with Gasteiger partial charge in [0.2, 0.25) is 23.5 Å². The van der Waals surface area contributed by atoms with E-state index in [4.69, 9.17) is 37.9 Å². The van der Waals surface area contributed by atoms with Crippen LogP contribution in [0.25, 0.3) is 0 Å². The zero-order chi connectivity index (χ0) is 58.5. The molecule has 0 radical (unpaired) electrons. The van der Waals surface area contributed by atoms with Crippen molar-refractivity contribution in [3.05, 3.63) is 136 Å². The van der Waals surface area contributed by atoms with E-state index in [1.807, 2.05) is 31.2 Å². The first-order chi connectivity index (χ1) is 39.7. The first kappa shape index (κ1) is 59.0. The minimum atomic E-state index is -1.14. The molecule has 3 heterocycles. The summed E-state index contributed by atoms with van der Waals surface area (Å²) in [4.78, 5) is 108. The van der Waals surface area contributed by atoms with E-state index in [9.17, 15) is 38.4 Å². The highest BCUT2D eigenvalue weighted by Crippen LogP contribution is 2.42. The molecule has 0 bridgehead atoms. The molecule has 2 fully saturated rings. The van der Waals surface area contributed by atoms with Crippen LogP contribution in [0.2, 0.25) is 0 Å². The number of carbonyl (C=O) groups excluding carboxylic acids is 8. The molecule has 82 heavy (non-hydrogen) atoms. The molecule has 432 valence electrons. The predicted molar refractivity (Wildman–Crippen MR) is 296 cm³/mol. The molecule has 7 amide bonds. The van der Waals surface area contributed by atoms with Gasteiger partial charge in [-0.2, -0.15) is 0 Å². The molecule has 5 aromatic carbocycles. The van der Waals surface area contributed by atoms with Crippen LogP contribution in [-0.2, 0) is 53.0 Å². The number of rotatable bonds is 25. The number of ether oxygens (including phenoxy) is 8. The molecule has 3 aliphatic heterocycles. The maximum absolute atomic E-state index is 14.6. The lowest BCUT2D eigenvalue weighted by atomic mass is 9.91. The average molecular weight is 1130 g/mol. The van der Waals surface area contributed by atoms with Crippen molar-refractivity contribution in [3.63, 3.8) is 0 Å². The third-order valence-corrected chi connectivity index (χ3v) is 14.6. The normalized spacial score (nSPS) is 16.5. The SMILES string of the molecule is CC[C@H](C(=O)N1CCCC[C@H]1C(=O)O[C@H](CCc1ccc(OC)c(OC)c1)c1cccc(OCC(=O)NCc2ccc(CNC(=O)COc3cccc4c3C(=O)N(C3CCC(=O)NC3=O)C4=O)cc2)c1)c1cc(OC)c(OC)c(OC)c1. The Morgan fingerprint density at radius 1 is 0.646 bits per heavy atom. The van der Waals surface area contributed by atoms with Gasteiger partial charge >= 0.3 is 5.97 Å². The Morgan fingerprint density at radius 2 is 1.29 bits per heavy atom. The van der Waals surface area contributed by atoms with Gasteiger partial charge in [-0.1, -0.05) is 55.5 Å².